The number of aliphatic hydroxyl groups is 1. The van der Waals surface area contributed by atoms with E-state index in [2.05, 4.69) is 4.90 Å². The molecule has 0 bridgehead atoms. The molecule has 0 saturated carbocycles. The summed E-state index contributed by atoms with van der Waals surface area (Å²) in [5.41, 5.74) is -0.569. The quantitative estimate of drug-likeness (QED) is 0.583. The zero-order valence-corrected chi connectivity index (χ0v) is 14.6. The summed E-state index contributed by atoms with van der Waals surface area (Å²) in [6, 6.07) is 0. The molecule has 0 saturated heterocycles. The van der Waals surface area contributed by atoms with E-state index in [0.717, 1.165) is 13.1 Å². The minimum atomic E-state index is -0.992. The second kappa shape index (κ2) is 10.6. The number of carbonyl (C=O) groups excluding carboxylic acids is 2. The third-order valence-corrected chi connectivity index (χ3v) is 3.81. The number of hydrogen-bond donors (Lipinski definition) is 1. The molecule has 0 aliphatic heterocycles. The van der Waals surface area contributed by atoms with Gasteiger partial charge in [-0.1, -0.05) is 20.8 Å². The molecule has 22 heavy (non-hydrogen) atoms. The van der Waals surface area contributed by atoms with Crippen LogP contribution in [0.2, 0.25) is 0 Å². The van der Waals surface area contributed by atoms with E-state index in [9.17, 15) is 14.7 Å². The van der Waals surface area contributed by atoms with Crippen molar-refractivity contribution < 1.29 is 24.2 Å². The van der Waals surface area contributed by atoms with Crippen molar-refractivity contribution in [3.8, 4) is 0 Å². The van der Waals surface area contributed by atoms with Gasteiger partial charge in [-0.15, -0.1) is 0 Å². The topological polar surface area (TPSA) is 76.1 Å². The minimum Gasteiger partial charge on any atom is -0.463 e. The summed E-state index contributed by atoms with van der Waals surface area (Å²) in [4.78, 5) is 25.4. The third-order valence-electron chi connectivity index (χ3n) is 3.81. The van der Waals surface area contributed by atoms with Crippen LogP contribution in [0.3, 0.4) is 0 Å². The van der Waals surface area contributed by atoms with Crippen LogP contribution in [0.4, 0.5) is 0 Å². The van der Waals surface area contributed by atoms with E-state index < -0.39 is 11.5 Å². The third kappa shape index (κ3) is 8.34. The molecule has 0 aromatic rings. The predicted molar refractivity (Wildman–Crippen MR) is 84.4 cm³/mol. The molecule has 6 heteroatoms. The van der Waals surface area contributed by atoms with Gasteiger partial charge in [0.05, 0.1) is 11.8 Å². The number of hydrogen-bond acceptors (Lipinski definition) is 6. The SMILES string of the molecule is CCN(CC)CCC(=O)OCC(O)COC(=O)C(C)(C)CC. The number of rotatable bonds is 11. The Bertz CT molecular complexity index is 339. The Kier molecular flexibility index (Phi) is 10.0. The molecule has 0 aliphatic rings. The van der Waals surface area contributed by atoms with Gasteiger partial charge in [0.25, 0.3) is 0 Å². The van der Waals surface area contributed by atoms with Crippen molar-refractivity contribution in [3.63, 3.8) is 0 Å². The first-order valence-corrected chi connectivity index (χ1v) is 8.00. The van der Waals surface area contributed by atoms with E-state index in [-0.39, 0.29) is 31.6 Å². The van der Waals surface area contributed by atoms with Gasteiger partial charge in [0.1, 0.15) is 19.3 Å². The molecule has 6 nitrogen and oxygen atoms in total. The smallest absolute Gasteiger partial charge is 0.311 e. The second-order valence-electron chi connectivity index (χ2n) is 5.95. The fourth-order valence-electron chi connectivity index (χ4n) is 1.61. The van der Waals surface area contributed by atoms with Crippen LogP contribution >= 0.6 is 0 Å². The molecule has 1 unspecified atom stereocenters. The van der Waals surface area contributed by atoms with E-state index in [1.54, 1.807) is 13.8 Å². The lowest BCUT2D eigenvalue weighted by atomic mass is 9.91. The predicted octanol–water partition coefficient (Wildman–Crippen LogP) is 1.60. The molecular formula is C16H31NO5. The number of carbonyl (C=O) groups is 2. The molecule has 0 amide bonds. The van der Waals surface area contributed by atoms with Gasteiger partial charge in [-0.25, -0.2) is 0 Å². The fourth-order valence-corrected chi connectivity index (χ4v) is 1.61. The maximum absolute atomic E-state index is 11.7. The van der Waals surface area contributed by atoms with Gasteiger partial charge in [-0.2, -0.15) is 0 Å². The molecule has 0 aromatic heterocycles. The lowest BCUT2D eigenvalue weighted by Crippen LogP contribution is -2.31. The Hall–Kier alpha value is -1.14. The van der Waals surface area contributed by atoms with Crippen LogP contribution < -0.4 is 0 Å². The molecule has 0 aliphatic carbocycles. The number of esters is 2. The average Bonchev–Trinajstić information content (AvgIpc) is 2.51. The Morgan fingerprint density at radius 2 is 1.64 bits per heavy atom. The van der Waals surface area contributed by atoms with Crippen molar-refractivity contribution in [1.82, 2.24) is 4.90 Å². The van der Waals surface area contributed by atoms with Crippen molar-refractivity contribution in [2.24, 2.45) is 5.41 Å². The Morgan fingerprint density at radius 1 is 1.09 bits per heavy atom. The van der Waals surface area contributed by atoms with Crippen LogP contribution in [0.15, 0.2) is 0 Å². The summed E-state index contributed by atoms with van der Waals surface area (Å²) >= 11 is 0. The molecule has 0 radical (unpaired) electrons. The number of ether oxygens (including phenoxy) is 2. The number of nitrogens with zero attached hydrogens (tertiary/aromatic N) is 1. The highest BCUT2D eigenvalue weighted by atomic mass is 16.6. The van der Waals surface area contributed by atoms with Gasteiger partial charge in [-0.3, -0.25) is 9.59 Å². The van der Waals surface area contributed by atoms with Crippen molar-refractivity contribution in [2.75, 3.05) is 32.8 Å². The molecule has 0 spiro atoms. The van der Waals surface area contributed by atoms with Crippen LogP contribution in [-0.4, -0.2) is 60.9 Å². The highest BCUT2D eigenvalue weighted by Gasteiger charge is 2.27. The molecule has 0 aromatic carbocycles. The first kappa shape index (κ1) is 20.9. The molecule has 130 valence electrons. The van der Waals surface area contributed by atoms with Crippen molar-refractivity contribution >= 4 is 11.9 Å². The maximum Gasteiger partial charge on any atom is 0.311 e. The summed E-state index contributed by atoms with van der Waals surface area (Å²) < 4.78 is 10.0. The van der Waals surface area contributed by atoms with E-state index in [1.165, 1.54) is 0 Å². The summed E-state index contributed by atoms with van der Waals surface area (Å²) in [5.74, 6) is -0.715. The molecule has 0 rings (SSSR count). The molecule has 1 N–H and O–H groups in total. The van der Waals surface area contributed by atoms with Crippen LogP contribution in [-0.2, 0) is 19.1 Å². The maximum atomic E-state index is 11.7. The van der Waals surface area contributed by atoms with Crippen molar-refractivity contribution in [3.05, 3.63) is 0 Å². The fraction of sp³-hybridized carbons (Fsp3) is 0.875. The van der Waals surface area contributed by atoms with E-state index >= 15 is 0 Å². The minimum absolute atomic E-state index is 0.156. The van der Waals surface area contributed by atoms with Crippen molar-refractivity contribution in [2.45, 2.75) is 53.6 Å². The molecule has 0 heterocycles. The standard InChI is InChI=1S/C16H31NO5/c1-6-16(4,5)15(20)22-12-13(18)11-21-14(19)9-10-17(7-2)8-3/h13,18H,6-12H2,1-5H3. The number of aliphatic hydroxyl groups excluding tert-OH is 1. The largest absolute Gasteiger partial charge is 0.463 e. The normalized spacial score (nSPS) is 13.0. The van der Waals surface area contributed by atoms with Gasteiger partial charge >= 0.3 is 11.9 Å². The zero-order valence-electron chi connectivity index (χ0n) is 14.6. The van der Waals surface area contributed by atoms with E-state index in [4.69, 9.17) is 9.47 Å². The van der Waals surface area contributed by atoms with Crippen LogP contribution in [0.1, 0.15) is 47.5 Å². The molecule has 1 atom stereocenters. The Labute approximate surface area is 133 Å². The van der Waals surface area contributed by atoms with Crippen molar-refractivity contribution in [1.29, 1.82) is 0 Å². The monoisotopic (exact) mass is 317 g/mol. The van der Waals surface area contributed by atoms with Crippen LogP contribution in [0, 0.1) is 5.41 Å². The summed E-state index contributed by atoms with van der Waals surface area (Å²) in [7, 11) is 0. The first-order chi connectivity index (χ1) is 10.3. The van der Waals surface area contributed by atoms with Gasteiger partial charge in [0.2, 0.25) is 0 Å². The van der Waals surface area contributed by atoms with Crippen LogP contribution in [0.25, 0.3) is 0 Å². The Morgan fingerprint density at radius 3 is 2.14 bits per heavy atom. The lowest BCUT2D eigenvalue weighted by Gasteiger charge is -2.21. The Balaban J connectivity index is 3.92. The van der Waals surface area contributed by atoms with Crippen LogP contribution in [0.5, 0.6) is 0 Å². The summed E-state index contributed by atoms with van der Waals surface area (Å²) in [6.45, 7) is 11.6. The summed E-state index contributed by atoms with van der Waals surface area (Å²) in [5, 5.41) is 9.69. The molecular weight excluding hydrogens is 286 g/mol. The average molecular weight is 317 g/mol. The highest BCUT2D eigenvalue weighted by Crippen LogP contribution is 2.21. The van der Waals surface area contributed by atoms with Gasteiger partial charge in [0, 0.05) is 6.54 Å². The van der Waals surface area contributed by atoms with Gasteiger partial charge in [0.15, 0.2) is 0 Å². The first-order valence-electron chi connectivity index (χ1n) is 8.00. The van der Waals surface area contributed by atoms with E-state index in [0.29, 0.717) is 13.0 Å². The molecule has 0 fully saturated rings. The van der Waals surface area contributed by atoms with E-state index in [1.807, 2.05) is 20.8 Å². The van der Waals surface area contributed by atoms with Gasteiger partial charge < -0.3 is 19.5 Å². The highest BCUT2D eigenvalue weighted by molar-refractivity contribution is 5.75. The zero-order chi connectivity index (χ0) is 17.2. The van der Waals surface area contributed by atoms with Gasteiger partial charge in [-0.05, 0) is 33.4 Å². The lowest BCUT2D eigenvalue weighted by molar-refractivity contribution is -0.159. The second-order valence-corrected chi connectivity index (χ2v) is 5.95. The summed E-state index contributed by atoms with van der Waals surface area (Å²) in [6.07, 6.45) is -0.0479.